The number of anilines is 1. The second-order valence-corrected chi connectivity index (χ2v) is 10.6. The van der Waals surface area contributed by atoms with Crippen molar-refractivity contribution in [1.82, 2.24) is 15.5 Å². The summed E-state index contributed by atoms with van der Waals surface area (Å²) in [5, 5.41) is 17.4. The number of carboxylic acids is 1. The molecule has 2 aromatic carbocycles. The molecule has 204 valence electrons. The number of thiazole rings is 1. The van der Waals surface area contributed by atoms with E-state index in [0.717, 1.165) is 25.3 Å². The van der Waals surface area contributed by atoms with E-state index in [0.29, 0.717) is 46.5 Å². The summed E-state index contributed by atoms with van der Waals surface area (Å²) in [5.74, 6) is -1.37. The molecule has 4 aromatic rings. The zero-order valence-electron chi connectivity index (χ0n) is 20.3. The Morgan fingerprint density at radius 3 is 2.77 bits per heavy atom. The zero-order chi connectivity index (χ0) is 27.3. The number of nitrogens with one attached hydrogen (secondary N) is 1. The fourth-order valence-electron chi connectivity index (χ4n) is 4.83. The van der Waals surface area contributed by atoms with E-state index in [-0.39, 0.29) is 34.4 Å². The summed E-state index contributed by atoms with van der Waals surface area (Å²) in [7, 11) is 0. The summed E-state index contributed by atoms with van der Waals surface area (Å²) in [6, 6.07) is 8.27. The molecule has 0 spiro atoms. The highest BCUT2D eigenvalue weighted by Crippen LogP contribution is 2.45. The van der Waals surface area contributed by atoms with E-state index in [9.17, 15) is 27.5 Å². The quantitative estimate of drug-likeness (QED) is 0.255. The third-order valence-electron chi connectivity index (χ3n) is 6.84. The van der Waals surface area contributed by atoms with Crippen LogP contribution in [-0.2, 0) is 6.54 Å². The van der Waals surface area contributed by atoms with Crippen LogP contribution >= 0.6 is 11.3 Å². The van der Waals surface area contributed by atoms with Gasteiger partial charge < -0.3 is 24.6 Å². The van der Waals surface area contributed by atoms with Crippen LogP contribution in [0.15, 0.2) is 40.9 Å². The number of alkyl halides is 3. The topological polar surface area (TPSA) is 101 Å². The molecule has 0 bridgehead atoms. The van der Waals surface area contributed by atoms with Gasteiger partial charge in [0.2, 0.25) is 0 Å². The van der Waals surface area contributed by atoms with Crippen molar-refractivity contribution in [2.75, 3.05) is 18.0 Å². The molecule has 0 radical (unpaired) electrons. The van der Waals surface area contributed by atoms with Crippen LogP contribution in [0.3, 0.4) is 0 Å². The number of nitrogens with zero attached hydrogens (tertiary/aromatic N) is 3. The Labute approximate surface area is 223 Å². The predicted octanol–water partition coefficient (Wildman–Crippen LogP) is 5.93. The minimum absolute atomic E-state index is 0.0212. The molecule has 0 amide bonds. The lowest BCUT2D eigenvalue weighted by Crippen LogP contribution is -2.32. The van der Waals surface area contributed by atoms with Crippen LogP contribution in [0.5, 0.6) is 5.75 Å². The number of carbonyl (C=O) groups is 1. The lowest BCUT2D eigenvalue weighted by atomic mass is 10.0. The Kier molecular flexibility index (Phi) is 6.42. The first kappa shape index (κ1) is 25.6. The summed E-state index contributed by atoms with van der Waals surface area (Å²) in [5.41, 5.74) is 1.23. The van der Waals surface area contributed by atoms with Gasteiger partial charge in [-0.05, 0) is 43.5 Å². The second kappa shape index (κ2) is 9.79. The maximum absolute atomic E-state index is 14.4. The Hall–Kier alpha value is -3.71. The van der Waals surface area contributed by atoms with Gasteiger partial charge >= 0.3 is 12.3 Å². The van der Waals surface area contributed by atoms with Crippen molar-refractivity contribution in [3.63, 3.8) is 0 Å². The van der Waals surface area contributed by atoms with Crippen molar-refractivity contribution in [3.8, 4) is 17.0 Å². The lowest BCUT2D eigenvalue weighted by molar-refractivity contribution is -0.274. The number of hydrogen-bond acceptors (Lipinski definition) is 8. The number of aromatic nitrogens is 2. The largest absolute Gasteiger partial charge is 0.573 e. The highest BCUT2D eigenvalue weighted by atomic mass is 32.1. The van der Waals surface area contributed by atoms with E-state index in [1.54, 1.807) is 6.07 Å². The number of carboxylic acid groups (broad SMARTS) is 1. The number of benzene rings is 2. The fraction of sp³-hybridized carbons (Fsp3) is 0.346. The van der Waals surface area contributed by atoms with Crippen molar-refractivity contribution >= 4 is 32.7 Å². The minimum atomic E-state index is -4.84. The monoisotopic (exact) mass is 562 g/mol. The molecule has 2 aromatic heterocycles. The Bertz CT molecular complexity index is 1550. The fourth-order valence-corrected chi connectivity index (χ4v) is 5.88. The van der Waals surface area contributed by atoms with Crippen molar-refractivity contribution in [2.24, 2.45) is 0 Å². The SMILES string of the molecule is O=C(O)c1cc(F)c2nc(N3CCC(NCc4c(-c5ccccc5OC(F)(F)F)noc4C4CC4)C3)sc2c1. The standard InChI is InChI=1S/C26H22F4N4O4S/c27-18-9-14(24(35)36)10-20-22(18)32-25(39-20)34-8-7-15(12-34)31-11-17-21(33-38-23(17)13-5-6-13)16-3-1-2-4-19(16)37-26(28,29)30/h1-4,9-10,13,15,31H,5-8,11-12H2,(H,35,36). The molecule has 1 unspecified atom stereocenters. The minimum Gasteiger partial charge on any atom is -0.478 e. The van der Waals surface area contributed by atoms with Gasteiger partial charge in [0.05, 0.1) is 10.3 Å². The van der Waals surface area contributed by atoms with Gasteiger partial charge in [0, 0.05) is 42.7 Å². The highest BCUT2D eigenvalue weighted by Gasteiger charge is 2.36. The second-order valence-electron chi connectivity index (χ2n) is 9.61. The van der Waals surface area contributed by atoms with E-state index in [1.165, 1.54) is 35.6 Å². The van der Waals surface area contributed by atoms with Gasteiger partial charge in [-0.15, -0.1) is 13.2 Å². The predicted molar refractivity (Wildman–Crippen MR) is 135 cm³/mol. The number of aromatic carboxylic acids is 1. The maximum atomic E-state index is 14.4. The van der Waals surface area contributed by atoms with Crippen LogP contribution in [0.1, 0.15) is 46.9 Å². The van der Waals surface area contributed by atoms with E-state index in [2.05, 4.69) is 20.2 Å². The van der Waals surface area contributed by atoms with Crippen LogP contribution in [0.25, 0.3) is 21.5 Å². The van der Waals surface area contributed by atoms with Gasteiger partial charge in [-0.3, -0.25) is 0 Å². The normalized spacial score (nSPS) is 17.7. The number of hydrogen-bond donors (Lipinski definition) is 2. The van der Waals surface area contributed by atoms with Gasteiger partial charge in [-0.1, -0.05) is 28.6 Å². The zero-order valence-corrected chi connectivity index (χ0v) is 21.1. The van der Waals surface area contributed by atoms with Crippen LogP contribution in [0.4, 0.5) is 22.7 Å². The molecule has 2 fully saturated rings. The molecule has 1 aliphatic carbocycles. The van der Waals surface area contributed by atoms with E-state index in [4.69, 9.17) is 4.52 Å². The molecule has 3 heterocycles. The smallest absolute Gasteiger partial charge is 0.478 e. The number of fused-ring (bicyclic) bond motifs is 1. The van der Waals surface area contributed by atoms with Crippen molar-refractivity contribution < 1.29 is 36.7 Å². The first-order valence-corrected chi connectivity index (χ1v) is 13.1. The van der Waals surface area contributed by atoms with Crippen molar-refractivity contribution in [2.45, 2.75) is 44.1 Å². The lowest BCUT2D eigenvalue weighted by Gasteiger charge is -2.16. The van der Waals surface area contributed by atoms with E-state index >= 15 is 0 Å². The van der Waals surface area contributed by atoms with E-state index in [1.807, 2.05) is 4.90 Å². The molecule has 1 aliphatic heterocycles. The average Bonchev–Trinajstić information content (AvgIpc) is 3.26. The molecule has 8 nitrogen and oxygen atoms in total. The van der Waals surface area contributed by atoms with Gasteiger partial charge in [0.25, 0.3) is 0 Å². The molecule has 2 aliphatic rings. The first-order valence-electron chi connectivity index (χ1n) is 12.3. The molecule has 13 heteroatoms. The van der Waals surface area contributed by atoms with Crippen LogP contribution in [0.2, 0.25) is 0 Å². The van der Waals surface area contributed by atoms with Crippen LogP contribution in [-0.4, -0.2) is 46.7 Å². The molecular weight excluding hydrogens is 540 g/mol. The summed E-state index contributed by atoms with van der Waals surface area (Å²) in [6.07, 6.45) is -2.23. The van der Waals surface area contributed by atoms with Gasteiger partial charge in [-0.2, -0.15) is 0 Å². The maximum Gasteiger partial charge on any atom is 0.573 e. The Morgan fingerprint density at radius 1 is 1.23 bits per heavy atom. The van der Waals surface area contributed by atoms with Crippen LogP contribution in [0, 0.1) is 5.82 Å². The summed E-state index contributed by atoms with van der Waals surface area (Å²) >= 11 is 1.23. The Morgan fingerprint density at radius 2 is 2.03 bits per heavy atom. The molecule has 6 rings (SSSR count). The molecule has 1 saturated carbocycles. The molecule has 1 atom stereocenters. The third-order valence-corrected chi connectivity index (χ3v) is 7.91. The third kappa shape index (κ3) is 5.28. The number of para-hydroxylation sites is 1. The van der Waals surface area contributed by atoms with E-state index < -0.39 is 18.1 Å². The first-order chi connectivity index (χ1) is 18.7. The summed E-state index contributed by atoms with van der Waals surface area (Å²) in [6.45, 7) is 1.56. The Balaban J connectivity index is 1.20. The van der Waals surface area contributed by atoms with Crippen molar-refractivity contribution in [1.29, 1.82) is 0 Å². The number of ether oxygens (including phenoxy) is 1. The van der Waals surface area contributed by atoms with Gasteiger partial charge in [-0.25, -0.2) is 14.2 Å². The molecular formula is C26H22F4N4O4S. The molecule has 39 heavy (non-hydrogen) atoms. The van der Waals surface area contributed by atoms with Crippen LogP contribution < -0.4 is 15.0 Å². The van der Waals surface area contributed by atoms with Gasteiger partial charge in [0.15, 0.2) is 10.9 Å². The number of halogens is 4. The average molecular weight is 563 g/mol. The molecule has 2 N–H and O–H groups in total. The highest BCUT2D eigenvalue weighted by molar-refractivity contribution is 7.22. The summed E-state index contributed by atoms with van der Waals surface area (Å²) < 4.78 is 63.8. The number of rotatable bonds is 8. The molecule has 1 saturated heterocycles. The summed E-state index contributed by atoms with van der Waals surface area (Å²) in [4.78, 5) is 17.7. The van der Waals surface area contributed by atoms with Crippen molar-refractivity contribution in [3.05, 3.63) is 59.1 Å². The van der Waals surface area contributed by atoms with Gasteiger partial charge in [0.1, 0.15) is 22.7 Å².